The van der Waals surface area contributed by atoms with Gasteiger partial charge in [0, 0.05) is 6.61 Å². The van der Waals surface area contributed by atoms with Crippen molar-refractivity contribution in [3.05, 3.63) is 30.3 Å². The lowest BCUT2D eigenvalue weighted by atomic mass is 10.3. The van der Waals surface area contributed by atoms with E-state index in [9.17, 15) is 0 Å². The molecule has 0 radical (unpaired) electrons. The maximum atomic E-state index is 5.53. The molecule has 0 N–H and O–H groups in total. The fraction of sp³-hybridized carbons (Fsp3) is 0.400. The summed E-state index contributed by atoms with van der Waals surface area (Å²) in [7, 11) is 0. The molecule has 0 spiro atoms. The molecule has 0 saturated heterocycles. The van der Waals surface area contributed by atoms with Crippen molar-refractivity contribution in [1.82, 2.24) is 0 Å². The molecule has 13 heavy (non-hydrogen) atoms. The Morgan fingerprint density at radius 2 is 2.00 bits per heavy atom. The monoisotopic (exact) mass is 244 g/mol. The van der Waals surface area contributed by atoms with Gasteiger partial charge in [-0.15, -0.1) is 0 Å². The molecule has 0 bridgehead atoms. The van der Waals surface area contributed by atoms with E-state index in [2.05, 4.69) is 15.9 Å². The second-order valence-corrected chi connectivity index (χ2v) is 3.12. The van der Waals surface area contributed by atoms with Gasteiger partial charge in [-0.25, -0.2) is 0 Å². The summed E-state index contributed by atoms with van der Waals surface area (Å²) in [6.45, 7) is 2.60. The van der Waals surface area contributed by atoms with Crippen LogP contribution in [0.3, 0.4) is 0 Å². The van der Waals surface area contributed by atoms with Crippen LogP contribution in [0.25, 0.3) is 0 Å². The highest BCUT2D eigenvalue weighted by Crippen LogP contribution is 2.12. The summed E-state index contributed by atoms with van der Waals surface area (Å²) >= 11 is 3.32. The second-order valence-electron chi connectivity index (χ2n) is 2.47. The maximum absolute atomic E-state index is 5.53. The minimum atomic E-state index is -0.201. The lowest BCUT2D eigenvalue weighted by Gasteiger charge is -2.16. The average Bonchev–Trinajstić information content (AvgIpc) is 2.19. The number of alkyl halides is 1. The Bertz CT molecular complexity index is 226. The van der Waals surface area contributed by atoms with Crippen LogP contribution in [0.5, 0.6) is 5.75 Å². The van der Waals surface area contributed by atoms with Gasteiger partial charge in [0.25, 0.3) is 0 Å². The molecule has 1 rings (SSSR count). The Hall–Kier alpha value is -0.540. The van der Waals surface area contributed by atoms with Crippen LogP contribution in [0, 0.1) is 0 Å². The van der Waals surface area contributed by atoms with Crippen LogP contribution in [-0.2, 0) is 4.74 Å². The van der Waals surface area contributed by atoms with Crippen molar-refractivity contribution < 1.29 is 9.47 Å². The third-order valence-electron chi connectivity index (χ3n) is 1.49. The summed E-state index contributed by atoms with van der Waals surface area (Å²) in [6.07, 6.45) is -0.201. The maximum Gasteiger partial charge on any atom is 0.209 e. The first-order valence-electron chi connectivity index (χ1n) is 4.26. The zero-order valence-corrected chi connectivity index (χ0v) is 9.16. The topological polar surface area (TPSA) is 18.5 Å². The van der Waals surface area contributed by atoms with Gasteiger partial charge in [0.2, 0.25) is 6.29 Å². The summed E-state index contributed by atoms with van der Waals surface area (Å²) in [6, 6.07) is 9.65. The standard InChI is InChI=1S/C10H13BrO2/c1-2-12-10(8-11)13-9-6-4-3-5-7-9/h3-7,10H,2,8H2,1H3/t10-/m1/s1. The first-order valence-corrected chi connectivity index (χ1v) is 5.38. The fourth-order valence-electron chi connectivity index (χ4n) is 0.947. The van der Waals surface area contributed by atoms with Crippen molar-refractivity contribution in [3.8, 4) is 5.75 Å². The SMILES string of the molecule is CCO[C@@H](CBr)Oc1ccccc1. The van der Waals surface area contributed by atoms with E-state index in [0.29, 0.717) is 11.9 Å². The van der Waals surface area contributed by atoms with Crippen molar-refractivity contribution in [3.63, 3.8) is 0 Å². The van der Waals surface area contributed by atoms with Gasteiger partial charge < -0.3 is 9.47 Å². The minimum absolute atomic E-state index is 0.201. The van der Waals surface area contributed by atoms with Crippen LogP contribution < -0.4 is 4.74 Å². The highest BCUT2D eigenvalue weighted by atomic mass is 79.9. The van der Waals surface area contributed by atoms with Crippen LogP contribution in [0.15, 0.2) is 30.3 Å². The Kier molecular flexibility index (Phi) is 4.86. The zero-order valence-electron chi connectivity index (χ0n) is 7.57. The lowest BCUT2D eigenvalue weighted by molar-refractivity contribution is -0.0569. The molecule has 0 saturated carbocycles. The molecular weight excluding hydrogens is 232 g/mol. The van der Waals surface area contributed by atoms with Crippen LogP contribution in [0.2, 0.25) is 0 Å². The molecular formula is C10H13BrO2. The first kappa shape index (κ1) is 10.5. The first-order chi connectivity index (χ1) is 6.36. The van der Waals surface area contributed by atoms with Crippen LogP contribution in [0.4, 0.5) is 0 Å². The summed E-state index contributed by atoms with van der Waals surface area (Å²) < 4.78 is 10.9. The van der Waals surface area contributed by atoms with Crippen molar-refractivity contribution in [2.24, 2.45) is 0 Å². The normalized spacial score (nSPS) is 12.5. The molecule has 3 heteroatoms. The smallest absolute Gasteiger partial charge is 0.209 e. The molecule has 1 atom stereocenters. The van der Waals surface area contributed by atoms with Gasteiger partial charge in [0.1, 0.15) is 5.75 Å². The molecule has 2 nitrogen and oxygen atoms in total. The quantitative estimate of drug-likeness (QED) is 0.586. The van der Waals surface area contributed by atoms with Crippen molar-refractivity contribution in [2.75, 3.05) is 11.9 Å². The van der Waals surface area contributed by atoms with E-state index in [0.717, 1.165) is 5.75 Å². The van der Waals surface area contributed by atoms with E-state index in [4.69, 9.17) is 9.47 Å². The lowest BCUT2D eigenvalue weighted by Crippen LogP contribution is -2.21. The van der Waals surface area contributed by atoms with E-state index in [1.54, 1.807) is 0 Å². The number of hydrogen-bond acceptors (Lipinski definition) is 2. The number of rotatable bonds is 5. The molecule has 0 aliphatic heterocycles. The predicted molar refractivity (Wildman–Crippen MR) is 56.3 cm³/mol. The van der Waals surface area contributed by atoms with Crippen molar-refractivity contribution in [1.29, 1.82) is 0 Å². The van der Waals surface area contributed by atoms with Gasteiger partial charge in [-0.2, -0.15) is 0 Å². The van der Waals surface area contributed by atoms with E-state index in [1.807, 2.05) is 37.3 Å². The second kappa shape index (κ2) is 6.00. The predicted octanol–water partition coefficient (Wildman–Crippen LogP) is 2.82. The van der Waals surface area contributed by atoms with Crippen molar-refractivity contribution >= 4 is 15.9 Å². The Balaban J connectivity index is 2.46. The molecule has 0 aliphatic carbocycles. The molecule has 0 amide bonds. The fourth-order valence-corrected chi connectivity index (χ4v) is 1.27. The number of hydrogen-bond donors (Lipinski definition) is 0. The van der Waals surface area contributed by atoms with E-state index >= 15 is 0 Å². The Labute approximate surface area is 87.0 Å². The molecule has 0 fully saturated rings. The van der Waals surface area contributed by atoms with Crippen LogP contribution in [-0.4, -0.2) is 18.2 Å². The molecule has 0 unspecified atom stereocenters. The molecule has 1 aromatic carbocycles. The van der Waals surface area contributed by atoms with Gasteiger partial charge in [0.05, 0.1) is 5.33 Å². The molecule has 72 valence electrons. The third-order valence-corrected chi connectivity index (χ3v) is 2.02. The largest absolute Gasteiger partial charge is 0.464 e. The molecule has 1 aromatic rings. The number of para-hydroxylation sites is 1. The molecule has 0 aromatic heterocycles. The van der Waals surface area contributed by atoms with Gasteiger partial charge in [-0.05, 0) is 19.1 Å². The minimum Gasteiger partial charge on any atom is -0.464 e. The zero-order chi connectivity index (χ0) is 9.52. The highest BCUT2D eigenvalue weighted by molar-refractivity contribution is 9.09. The summed E-state index contributed by atoms with van der Waals surface area (Å²) in [4.78, 5) is 0. The number of benzene rings is 1. The summed E-state index contributed by atoms with van der Waals surface area (Å²) in [5.74, 6) is 0.834. The highest BCUT2D eigenvalue weighted by Gasteiger charge is 2.06. The van der Waals surface area contributed by atoms with E-state index in [1.165, 1.54) is 0 Å². The van der Waals surface area contributed by atoms with Gasteiger partial charge in [0.15, 0.2) is 0 Å². The molecule has 0 heterocycles. The Morgan fingerprint density at radius 1 is 1.31 bits per heavy atom. The van der Waals surface area contributed by atoms with Crippen LogP contribution in [0.1, 0.15) is 6.92 Å². The van der Waals surface area contributed by atoms with Gasteiger partial charge in [-0.3, -0.25) is 0 Å². The third kappa shape index (κ3) is 3.79. The van der Waals surface area contributed by atoms with Gasteiger partial charge in [-0.1, -0.05) is 34.1 Å². The van der Waals surface area contributed by atoms with Gasteiger partial charge >= 0.3 is 0 Å². The Morgan fingerprint density at radius 3 is 2.54 bits per heavy atom. The average molecular weight is 245 g/mol. The number of ether oxygens (including phenoxy) is 2. The number of halogens is 1. The summed E-state index contributed by atoms with van der Waals surface area (Å²) in [5.41, 5.74) is 0. The molecule has 0 aliphatic rings. The van der Waals surface area contributed by atoms with E-state index in [-0.39, 0.29) is 6.29 Å². The van der Waals surface area contributed by atoms with Crippen LogP contribution >= 0.6 is 15.9 Å². The summed E-state index contributed by atoms with van der Waals surface area (Å²) in [5, 5.41) is 0.676. The van der Waals surface area contributed by atoms with Crippen molar-refractivity contribution in [2.45, 2.75) is 13.2 Å². The van der Waals surface area contributed by atoms with E-state index < -0.39 is 0 Å².